The van der Waals surface area contributed by atoms with Gasteiger partial charge in [0.05, 0.1) is 5.69 Å². The maximum Gasteiger partial charge on any atom is 0.407 e. The molecule has 5 nitrogen and oxygen atoms in total. The Morgan fingerprint density at radius 3 is 2.73 bits per heavy atom. The van der Waals surface area contributed by atoms with Gasteiger partial charge in [-0.3, -0.25) is 0 Å². The van der Waals surface area contributed by atoms with Gasteiger partial charge in [0.25, 0.3) is 0 Å². The summed E-state index contributed by atoms with van der Waals surface area (Å²) in [6, 6.07) is 0. The fourth-order valence-corrected chi connectivity index (χ4v) is 2.57. The second kappa shape index (κ2) is 2.74. The molecule has 0 radical (unpaired) electrons. The zero-order chi connectivity index (χ0) is 10.6. The van der Waals surface area contributed by atoms with Crippen molar-refractivity contribution < 1.29 is 14.3 Å². The Hall–Kier alpha value is -1.52. The second-order valence-electron chi connectivity index (χ2n) is 4.37. The highest BCUT2D eigenvalue weighted by Crippen LogP contribution is 2.57. The van der Waals surface area contributed by atoms with Gasteiger partial charge in [-0.2, -0.15) is 0 Å². The van der Waals surface area contributed by atoms with Crippen LogP contribution in [0.4, 0.5) is 4.79 Å². The number of piperidine rings is 1. The number of nitrogens with zero attached hydrogens (tertiary/aromatic N) is 2. The first-order chi connectivity index (χ1) is 7.16. The zero-order valence-corrected chi connectivity index (χ0v) is 8.38. The van der Waals surface area contributed by atoms with Crippen LogP contribution in [-0.2, 0) is 0 Å². The number of hydrogen-bond acceptors (Lipinski definition) is 3. The summed E-state index contributed by atoms with van der Waals surface area (Å²) in [4.78, 5) is 16.5. The highest BCUT2D eigenvalue weighted by atomic mass is 16.4. The molecule has 2 fully saturated rings. The SMILES string of the molecule is Cc1coc([C@H]2[C@@H]3CN(C(=O)O)C[C@@H]32)n1. The molecule has 1 saturated carbocycles. The lowest BCUT2D eigenvalue weighted by atomic mass is 10.2. The van der Waals surface area contributed by atoms with Crippen molar-refractivity contribution in [3.05, 3.63) is 17.8 Å². The molecule has 2 heterocycles. The normalized spacial score (nSPS) is 32.9. The van der Waals surface area contributed by atoms with Gasteiger partial charge < -0.3 is 14.4 Å². The number of aromatic nitrogens is 1. The monoisotopic (exact) mass is 208 g/mol. The van der Waals surface area contributed by atoms with E-state index in [1.807, 2.05) is 6.92 Å². The van der Waals surface area contributed by atoms with Crippen LogP contribution in [0.25, 0.3) is 0 Å². The van der Waals surface area contributed by atoms with Gasteiger partial charge >= 0.3 is 6.09 Å². The number of carbonyl (C=O) groups is 1. The molecule has 5 heteroatoms. The van der Waals surface area contributed by atoms with E-state index in [0.29, 0.717) is 30.8 Å². The molecule has 0 bridgehead atoms. The molecular weight excluding hydrogens is 196 g/mol. The van der Waals surface area contributed by atoms with Gasteiger partial charge in [0.2, 0.25) is 0 Å². The maximum absolute atomic E-state index is 10.7. The summed E-state index contributed by atoms with van der Waals surface area (Å²) >= 11 is 0. The highest BCUT2D eigenvalue weighted by Gasteiger charge is 2.59. The van der Waals surface area contributed by atoms with Crippen LogP contribution in [0, 0.1) is 18.8 Å². The van der Waals surface area contributed by atoms with E-state index in [9.17, 15) is 4.79 Å². The van der Waals surface area contributed by atoms with E-state index >= 15 is 0 Å². The van der Waals surface area contributed by atoms with E-state index in [0.717, 1.165) is 11.6 Å². The molecule has 1 aliphatic carbocycles. The first kappa shape index (κ1) is 8.76. The minimum Gasteiger partial charge on any atom is -0.465 e. The first-order valence-electron chi connectivity index (χ1n) is 5.06. The van der Waals surface area contributed by atoms with Crippen molar-refractivity contribution >= 4 is 6.09 Å². The summed E-state index contributed by atoms with van der Waals surface area (Å²) in [5.41, 5.74) is 0.894. The Kier molecular flexibility index (Phi) is 1.60. The lowest BCUT2D eigenvalue weighted by Gasteiger charge is -2.14. The molecule has 1 aromatic heterocycles. The molecule has 0 unspecified atom stereocenters. The van der Waals surface area contributed by atoms with Crippen molar-refractivity contribution in [3.63, 3.8) is 0 Å². The van der Waals surface area contributed by atoms with Gasteiger partial charge in [-0.15, -0.1) is 0 Å². The number of carboxylic acid groups (broad SMARTS) is 1. The summed E-state index contributed by atoms with van der Waals surface area (Å²) < 4.78 is 5.34. The van der Waals surface area contributed by atoms with Crippen molar-refractivity contribution in [2.75, 3.05) is 13.1 Å². The number of rotatable bonds is 1. The van der Waals surface area contributed by atoms with Crippen LogP contribution in [0.2, 0.25) is 0 Å². The Bertz CT molecular complexity index is 403. The van der Waals surface area contributed by atoms with Crippen LogP contribution in [-0.4, -0.2) is 34.2 Å². The van der Waals surface area contributed by atoms with Crippen molar-refractivity contribution in [3.8, 4) is 0 Å². The molecule has 2 aliphatic rings. The Labute approximate surface area is 86.7 Å². The topological polar surface area (TPSA) is 66.6 Å². The third kappa shape index (κ3) is 1.22. The summed E-state index contributed by atoms with van der Waals surface area (Å²) in [7, 11) is 0. The molecule has 0 aromatic carbocycles. The number of aryl methyl sites for hydroxylation is 1. The van der Waals surface area contributed by atoms with E-state index in [4.69, 9.17) is 9.52 Å². The number of likely N-dealkylation sites (tertiary alicyclic amines) is 1. The lowest BCUT2D eigenvalue weighted by Crippen LogP contribution is -2.29. The minimum absolute atomic E-state index is 0.356. The predicted molar refractivity (Wildman–Crippen MR) is 50.6 cm³/mol. The van der Waals surface area contributed by atoms with E-state index in [2.05, 4.69) is 4.98 Å². The lowest BCUT2D eigenvalue weighted by molar-refractivity contribution is 0.149. The van der Waals surface area contributed by atoms with E-state index < -0.39 is 6.09 Å². The van der Waals surface area contributed by atoms with Crippen LogP contribution in [0.1, 0.15) is 17.5 Å². The summed E-state index contributed by atoms with van der Waals surface area (Å²) in [5.74, 6) is 2.00. The number of hydrogen-bond donors (Lipinski definition) is 1. The van der Waals surface area contributed by atoms with E-state index in [-0.39, 0.29) is 0 Å². The minimum atomic E-state index is -0.815. The van der Waals surface area contributed by atoms with Crippen molar-refractivity contribution in [1.82, 2.24) is 9.88 Å². The maximum atomic E-state index is 10.7. The van der Waals surface area contributed by atoms with Crippen LogP contribution in [0.15, 0.2) is 10.7 Å². The van der Waals surface area contributed by atoms with Gasteiger partial charge in [0.1, 0.15) is 6.26 Å². The molecule has 80 valence electrons. The molecule has 1 N–H and O–H groups in total. The van der Waals surface area contributed by atoms with Crippen molar-refractivity contribution in [2.45, 2.75) is 12.8 Å². The summed E-state index contributed by atoms with van der Waals surface area (Å²) in [6.07, 6.45) is 0.836. The highest BCUT2D eigenvalue weighted by molar-refractivity contribution is 5.66. The fourth-order valence-electron chi connectivity index (χ4n) is 2.57. The molecule has 3 rings (SSSR count). The quantitative estimate of drug-likeness (QED) is 0.755. The van der Waals surface area contributed by atoms with Gasteiger partial charge in [0.15, 0.2) is 5.89 Å². The molecule has 0 spiro atoms. The van der Waals surface area contributed by atoms with Gasteiger partial charge in [-0.1, -0.05) is 0 Å². The number of amides is 1. The molecule has 1 saturated heterocycles. The van der Waals surface area contributed by atoms with Crippen LogP contribution >= 0.6 is 0 Å². The fraction of sp³-hybridized carbons (Fsp3) is 0.600. The molecule has 1 amide bonds. The molecule has 15 heavy (non-hydrogen) atoms. The summed E-state index contributed by atoms with van der Waals surface area (Å²) in [6.45, 7) is 3.16. The molecule has 1 aliphatic heterocycles. The van der Waals surface area contributed by atoms with E-state index in [1.54, 1.807) is 6.26 Å². The molecular formula is C10H12N2O3. The smallest absolute Gasteiger partial charge is 0.407 e. The second-order valence-corrected chi connectivity index (χ2v) is 4.37. The number of oxazole rings is 1. The predicted octanol–water partition coefficient (Wildman–Crippen LogP) is 1.31. The van der Waals surface area contributed by atoms with Gasteiger partial charge in [-0.05, 0) is 18.8 Å². The van der Waals surface area contributed by atoms with Gasteiger partial charge in [0, 0.05) is 19.0 Å². The third-order valence-corrected chi connectivity index (χ3v) is 3.39. The average molecular weight is 208 g/mol. The zero-order valence-electron chi connectivity index (χ0n) is 8.38. The Balaban J connectivity index is 1.70. The summed E-state index contributed by atoms with van der Waals surface area (Å²) in [5, 5.41) is 8.80. The largest absolute Gasteiger partial charge is 0.465 e. The van der Waals surface area contributed by atoms with Crippen molar-refractivity contribution in [2.24, 2.45) is 11.8 Å². The molecule has 1 aromatic rings. The first-order valence-corrected chi connectivity index (χ1v) is 5.06. The Morgan fingerprint density at radius 1 is 1.60 bits per heavy atom. The third-order valence-electron chi connectivity index (χ3n) is 3.39. The average Bonchev–Trinajstić information content (AvgIpc) is 2.62. The van der Waals surface area contributed by atoms with Crippen LogP contribution < -0.4 is 0 Å². The standard InChI is InChI=1S/C10H12N2O3/c1-5-4-15-9(11-5)8-6-2-12(10(13)14)3-7(6)8/h4,6-8H,2-3H2,1H3,(H,13,14)/t6-,7+,8+. The van der Waals surface area contributed by atoms with Crippen LogP contribution in [0.5, 0.6) is 0 Å². The molecule has 3 atom stereocenters. The number of fused-ring (bicyclic) bond motifs is 1. The van der Waals surface area contributed by atoms with E-state index in [1.165, 1.54) is 4.90 Å². The Morgan fingerprint density at radius 2 is 2.27 bits per heavy atom. The van der Waals surface area contributed by atoms with Crippen LogP contribution in [0.3, 0.4) is 0 Å². The van der Waals surface area contributed by atoms with Crippen molar-refractivity contribution in [1.29, 1.82) is 0 Å². The van der Waals surface area contributed by atoms with Gasteiger partial charge in [-0.25, -0.2) is 9.78 Å².